The maximum Gasteiger partial charge on any atom is 0.0721 e. The summed E-state index contributed by atoms with van der Waals surface area (Å²) < 4.78 is 0. The smallest absolute Gasteiger partial charge is 0.0721 e. The van der Waals surface area contributed by atoms with Crippen LogP contribution in [0.15, 0.2) is 18.2 Å². The average molecular weight is 238 g/mol. The SMILES string of the molecule is Clc1ccc2nc3c(c(Cl)c2c1)CCC3. The summed E-state index contributed by atoms with van der Waals surface area (Å²) in [5.41, 5.74) is 3.33. The Hall–Kier alpha value is -0.790. The number of rotatable bonds is 0. The van der Waals surface area contributed by atoms with Crippen molar-refractivity contribution in [1.82, 2.24) is 4.98 Å². The van der Waals surface area contributed by atoms with E-state index in [0.29, 0.717) is 5.02 Å². The third-order valence-electron chi connectivity index (χ3n) is 2.90. The molecule has 0 fully saturated rings. The zero-order valence-corrected chi connectivity index (χ0v) is 9.57. The molecule has 0 aliphatic heterocycles. The third-order valence-corrected chi connectivity index (χ3v) is 3.57. The first kappa shape index (κ1) is 9.44. The lowest BCUT2D eigenvalue weighted by Crippen LogP contribution is -1.91. The number of fused-ring (bicyclic) bond motifs is 2. The van der Waals surface area contributed by atoms with Gasteiger partial charge in [0.05, 0.1) is 10.5 Å². The molecule has 76 valence electrons. The highest BCUT2D eigenvalue weighted by molar-refractivity contribution is 6.37. The van der Waals surface area contributed by atoms with Crippen LogP contribution in [0.3, 0.4) is 0 Å². The van der Waals surface area contributed by atoms with E-state index >= 15 is 0 Å². The number of benzene rings is 1. The van der Waals surface area contributed by atoms with Crippen LogP contribution >= 0.6 is 23.2 Å². The standard InChI is InChI=1S/C12H9Cl2N/c13-7-4-5-11-9(6-7)12(14)8-2-1-3-10(8)15-11/h4-6H,1-3H2. The van der Waals surface area contributed by atoms with Gasteiger partial charge in [-0.3, -0.25) is 4.98 Å². The lowest BCUT2D eigenvalue weighted by molar-refractivity contribution is 0.901. The number of aromatic nitrogens is 1. The first-order chi connectivity index (χ1) is 7.25. The molecule has 1 aliphatic rings. The molecule has 15 heavy (non-hydrogen) atoms. The molecule has 1 heterocycles. The van der Waals surface area contributed by atoms with Crippen LogP contribution in [0, 0.1) is 0 Å². The van der Waals surface area contributed by atoms with Crippen molar-refractivity contribution < 1.29 is 0 Å². The molecule has 0 amide bonds. The van der Waals surface area contributed by atoms with Crippen LogP contribution < -0.4 is 0 Å². The number of hydrogen-bond acceptors (Lipinski definition) is 1. The van der Waals surface area contributed by atoms with E-state index < -0.39 is 0 Å². The third kappa shape index (κ3) is 1.42. The number of pyridine rings is 1. The van der Waals surface area contributed by atoms with Gasteiger partial charge >= 0.3 is 0 Å². The summed E-state index contributed by atoms with van der Waals surface area (Å²) in [6.07, 6.45) is 3.25. The Balaban J connectivity index is 2.41. The number of hydrogen-bond donors (Lipinski definition) is 0. The Labute approximate surface area is 98.0 Å². The van der Waals surface area contributed by atoms with Crippen molar-refractivity contribution in [2.75, 3.05) is 0 Å². The van der Waals surface area contributed by atoms with Crippen molar-refractivity contribution in [3.05, 3.63) is 39.5 Å². The zero-order chi connectivity index (χ0) is 10.4. The zero-order valence-electron chi connectivity index (χ0n) is 8.06. The molecule has 0 atom stereocenters. The molecular weight excluding hydrogens is 229 g/mol. The molecule has 0 saturated carbocycles. The second-order valence-corrected chi connectivity index (χ2v) is 4.68. The highest BCUT2D eigenvalue weighted by atomic mass is 35.5. The van der Waals surface area contributed by atoms with Crippen molar-refractivity contribution in [2.45, 2.75) is 19.3 Å². The van der Waals surface area contributed by atoms with Gasteiger partial charge in [0.1, 0.15) is 0 Å². The maximum absolute atomic E-state index is 6.36. The molecule has 0 bridgehead atoms. The minimum atomic E-state index is 0.712. The summed E-state index contributed by atoms with van der Waals surface area (Å²) in [7, 11) is 0. The summed E-state index contributed by atoms with van der Waals surface area (Å²) in [4.78, 5) is 4.61. The molecule has 0 radical (unpaired) electrons. The molecule has 3 rings (SSSR count). The van der Waals surface area contributed by atoms with Gasteiger partial charge in [0.15, 0.2) is 0 Å². The molecule has 0 N–H and O–H groups in total. The van der Waals surface area contributed by atoms with Crippen LogP contribution in [0.4, 0.5) is 0 Å². The van der Waals surface area contributed by atoms with Gasteiger partial charge in [-0.25, -0.2) is 0 Å². The highest BCUT2D eigenvalue weighted by Crippen LogP contribution is 2.34. The lowest BCUT2D eigenvalue weighted by Gasteiger charge is -2.06. The first-order valence-corrected chi connectivity index (χ1v) is 5.78. The second kappa shape index (κ2) is 3.36. The minimum absolute atomic E-state index is 0.712. The monoisotopic (exact) mass is 237 g/mol. The van der Waals surface area contributed by atoms with E-state index in [1.165, 1.54) is 5.56 Å². The number of halogens is 2. The Morgan fingerprint density at radius 3 is 2.87 bits per heavy atom. The van der Waals surface area contributed by atoms with Gasteiger partial charge in [-0.2, -0.15) is 0 Å². The van der Waals surface area contributed by atoms with Crippen LogP contribution in [-0.4, -0.2) is 4.98 Å². The number of nitrogens with zero attached hydrogens (tertiary/aromatic N) is 1. The van der Waals surface area contributed by atoms with Crippen molar-refractivity contribution in [2.24, 2.45) is 0 Å². The van der Waals surface area contributed by atoms with Crippen LogP contribution in [0.1, 0.15) is 17.7 Å². The van der Waals surface area contributed by atoms with Gasteiger partial charge in [0.25, 0.3) is 0 Å². The van der Waals surface area contributed by atoms with E-state index in [4.69, 9.17) is 23.2 Å². The fourth-order valence-corrected chi connectivity index (χ4v) is 2.70. The molecule has 1 aromatic heterocycles. The van der Waals surface area contributed by atoms with E-state index in [1.807, 2.05) is 18.2 Å². The predicted octanol–water partition coefficient (Wildman–Crippen LogP) is 4.03. The average Bonchev–Trinajstić information content (AvgIpc) is 2.68. The fraction of sp³-hybridized carbons (Fsp3) is 0.250. The summed E-state index contributed by atoms with van der Waals surface area (Å²) in [5, 5.41) is 2.53. The van der Waals surface area contributed by atoms with E-state index in [1.54, 1.807) is 0 Å². The molecule has 0 saturated heterocycles. The topological polar surface area (TPSA) is 12.9 Å². The minimum Gasteiger partial charge on any atom is -0.252 e. The molecule has 1 aliphatic carbocycles. The van der Waals surface area contributed by atoms with Gasteiger partial charge in [-0.1, -0.05) is 23.2 Å². The summed E-state index contributed by atoms with van der Waals surface area (Å²) in [6, 6.07) is 5.68. The van der Waals surface area contributed by atoms with Crippen molar-refractivity contribution in [3.8, 4) is 0 Å². The van der Waals surface area contributed by atoms with Crippen LogP contribution in [0.5, 0.6) is 0 Å². The molecule has 1 nitrogen and oxygen atoms in total. The fourth-order valence-electron chi connectivity index (χ4n) is 2.18. The first-order valence-electron chi connectivity index (χ1n) is 5.02. The Bertz CT molecular complexity index is 549. The summed E-state index contributed by atoms with van der Waals surface area (Å²) >= 11 is 12.3. The Morgan fingerprint density at radius 1 is 1.13 bits per heavy atom. The van der Waals surface area contributed by atoms with Gasteiger partial charge in [-0.05, 0) is 43.0 Å². The quantitative estimate of drug-likeness (QED) is 0.675. The van der Waals surface area contributed by atoms with E-state index in [2.05, 4.69) is 4.98 Å². The normalized spacial score (nSPS) is 14.5. The van der Waals surface area contributed by atoms with Gasteiger partial charge in [-0.15, -0.1) is 0 Å². The predicted molar refractivity (Wildman–Crippen MR) is 63.8 cm³/mol. The van der Waals surface area contributed by atoms with Crippen molar-refractivity contribution in [3.63, 3.8) is 0 Å². The van der Waals surface area contributed by atoms with Crippen LogP contribution in [0.25, 0.3) is 10.9 Å². The Morgan fingerprint density at radius 2 is 2.00 bits per heavy atom. The summed E-state index contributed by atoms with van der Waals surface area (Å²) in [5.74, 6) is 0. The van der Waals surface area contributed by atoms with Gasteiger partial charge in [0.2, 0.25) is 0 Å². The van der Waals surface area contributed by atoms with E-state index in [0.717, 1.165) is 40.9 Å². The van der Waals surface area contributed by atoms with E-state index in [-0.39, 0.29) is 0 Å². The van der Waals surface area contributed by atoms with Gasteiger partial charge < -0.3 is 0 Å². The molecular formula is C12H9Cl2N. The largest absolute Gasteiger partial charge is 0.252 e. The van der Waals surface area contributed by atoms with Crippen molar-refractivity contribution in [1.29, 1.82) is 0 Å². The number of aryl methyl sites for hydroxylation is 1. The molecule has 0 spiro atoms. The lowest BCUT2D eigenvalue weighted by atomic mass is 10.1. The molecule has 2 aromatic rings. The van der Waals surface area contributed by atoms with Crippen molar-refractivity contribution >= 4 is 34.1 Å². The van der Waals surface area contributed by atoms with Gasteiger partial charge in [0, 0.05) is 16.1 Å². The highest BCUT2D eigenvalue weighted by Gasteiger charge is 2.18. The van der Waals surface area contributed by atoms with Crippen LogP contribution in [-0.2, 0) is 12.8 Å². The maximum atomic E-state index is 6.36. The van der Waals surface area contributed by atoms with Crippen LogP contribution in [0.2, 0.25) is 10.0 Å². The Kier molecular flexibility index (Phi) is 2.11. The second-order valence-electron chi connectivity index (χ2n) is 3.87. The van der Waals surface area contributed by atoms with E-state index in [9.17, 15) is 0 Å². The summed E-state index contributed by atoms with van der Waals surface area (Å²) in [6.45, 7) is 0. The molecule has 0 unspecified atom stereocenters. The molecule has 1 aromatic carbocycles. The molecule has 3 heteroatoms.